The lowest BCUT2D eigenvalue weighted by atomic mass is 9.85. The molecule has 4 nitrogen and oxygen atoms in total. The Morgan fingerprint density at radius 1 is 0.132 bits per heavy atom. The van der Waals surface area contributed by atoms with Crippen LogP contribution in [0.15, 0.2) is 515 Å². The first-order valence-electron chi connectivity index (χ1n) is 52.8. The predicted octanol–water partition coefficient (Wildman–Crippen LogP) is 37.9. The molecule has 4 aromatic heterocycles. The lowest BCUT2D eigenvalue weighted by Gasteiger charge is -2.18. The molecule has 0 aliphatic rings. The highest BCUT2D eigenvalue weighted by molar-refractivity contribution is 6.26. The lowest BCUT2D eigenvalue weighted by molar-refractivity contribution is 0.668. The van der Waals surface area contributed by atoms with Gasteiger partial charge in [0.05, 0.1) is 20.6 Å². The summed E-state index contributed by atoms with van der Waals surface area (Å²) in [6.07, 6.45) is 0. The van der Waals surface area contributed by atoms with E-state index in [4.69, 9.17) is 38.2 Å². The van der Waals surface area contributed by atoms with Crippen LogP contribution in [-0.4, -0.2) is 0 Å². The molecule has 28 aromatic rings. The summed E-state index contributed by atoms with van der Waals surface area (Å²) in [7, 11) is 0. The second-order valence-corrected chi connectivity index (χ2v) is 34.1. The fourth-order valence-corrected chi connectivity index (χ4v) is 20.9. The van der Waals surface area contributed by atoms with Crippen molar-refractivity contribution in [3.63, 3.8) is 0 Å². The van der Waals surface area contributed by atoms with Crippen LogP contribution < -0.4 is 0 Å². The minimum Gasteiger partial charge on any atom is -0.456 e. The molecule has 0 radical (unpaired) electrons. The van der Waals surface area contributed by atoms with Crippen LogP contribution >= 0.6 is 0 Å². The Balaban J connectivity index is 0.000000115. The van der Waals surface area contributed by atoms with Crippen molar-refractivity contribution in [1.29, 1.82) is 0 Å². The van der Waals surface area contributed by atoms with E-state index in [1.807, 2.05) is 218 Å². The van der Waals surface area contributed by atoms with E-state index in [1.54, 1.807) is 0 Å². The summed E-state index contributed by atoms with van der Waals surface area (Å²) in [4.78, 5) is 0. The van der Waals surface area contributed by atoms with Gasteiger partial charge in [-0.05, 0) is 225 Å². The van der Waals surface area contributed by atoms with Crippen molar-refractivity contribution in [1.82, 2.24) is 0 Å². The molecular weight excluding hydrogens is 1650 g/mol. The zero-order valence-electron chi connectivity index (χ0n) is 87.8. The molecule has 0 N–H and O–H groups in total. The quantitative estimate of drug-likeness (QED) is 0.121. The fourth-order valence-electron chi connectivity index (χ4n) is 20.9. The van der Waals surface area contributed by atoms with Gasteiger partial charge >= 0.3 is 0 Å². The first-order valence-corrected chi connectivity index (χ1v) is 45.3. The summed E-state index contributed by atoms with van der Waals surface area (Å²) in [5, 5.41) is 19.1. The Hall–Kier alpha value is -18.0. The topological polar surface area (TPSA) is 52.6 Å². The van der Waals surface area contributed by atoms with Crippen molar-refractivity contribution < 1.29 is 38.2 Å². The minimum absolute atomic E-state index is 0.197. The van der Waals surface area contributed by atoms with Crippen molar-refractivity contribution in [3.05, 3.63) is 497 Å². The molecule has 24 aromatic carbocycles. The molecule has 4 heteroatoms. The third-order valence-electron chi connectivity index (χ3n) is 26.7. The van der Waals surface area contributed by atoms with Gasteiger partial charge in [-0.2, -0.15) is 0 Å². The van der Waals surface area contributed by atoms with Crippen LogP contribution in [0, 0.1) is 0 Å². The number of benzene rings is 24. The summed E-state index contributed by atoms with van der Waals surface area (Å²) in [5.74, 6) is 0. The molecule has 0 aliphatic heterocycles. The standard InChI is InChI=1S/C50H30O2.C44H28O.C38H24O/c1-2-13-31(14-3-1)46-35-16-4-6-18-37(35)47(38-19-7-5-17-36(38)46)32-25-27-33(28-26-32)48-39(29-30-45-49(48)42-20-9-11-24-44(42)51-45)41-22-12-21-40-34-15-8-10-23-43(34)52-50(40)41;1-3-13-30(14-4-1)41-34-17-7-9-19-36(34)42(37-20-10-8-18-35(37)41)32-25-23-29(24-26-32)33-27-28-40-44(38-21-11-12-22-39(38)45-40)43(33)31-15-5-2-6-16-31;1-2-10-26(11-3-1)37-30-13-4-6-15-32(30)38(33-16-7-5-14-31(33)37)27-20-18-25(19-21-27)28-22-23-36-34(24-28)29-12-8-9-17-35(29)39-36/h1-30H;1-28H;1-24H/i1D,2D,3D,13D,14D;1D,3D,4D,13D,14D;1D,2D,3D,10D,11D. The van der Waals surface area contributed by atoms with E-state index in [2.05, 4.69) is 188 Å². The van der Waals surface area contributed by atoms with E-state index in [0.29, 0.717) is 16.7 Å². The number of rotatable bonds is 11. The second-order valence-electron chi connectivity index (χ2n) is 34.1. The molecule has 0 saturated heterocycles. The number of fused-ring (bicyclic) bond motifs is 18. The molecule has 0 spiro atoms. The summed E-state index contributed by atoms with van der Waals surface area (Å²) in [6, 6.07) is 133. The van der Waals surface area contributed by atoms with Gasteiger partial charge < -0.3 is 17.7 Å². The van der Waals surface area contributed by atoms with E-state index in [9.17, 15) is 0 Å². The summed E-state index contributed by atoms with van der Waals surface area (Å²) in [6.45, 7) is 0. The van der Waals surface area contributed by atoms with E-state index in [-0.39, 0.29) is 89.2 Å². The third-order valence-corrected chi connectivity index (χ3v) is 26.7. The molecule has 0 aliphatic carbocycles. The van der Waals surface area contributed by atoms with Crippen LogP contribution in [0.4, 0.5) is 0 Å². The highest BCUT2D eigenvalue weighted by Gasteiger charge is 2.26. The Morgan fingerprint density at radius 2 is 0.390 bits per heavy atom. The van der Waals surface area contributed by atoms with Gasteiger partial charge in [-0.15, -0.1) is 0 Å². The number of hydrogen-bond donors (Lipinski definition) is 0. The predicted molar refractivity (Wildman–Crippen MR) is 573 cm³/mol. The summed E-state index contributed by atoms with van der Waals surface area (Å²) in [5.41, 5.74) is 26.1. The van der Waals surface area contributed by atoms with E-state index < -0.39 is 18.1 Å². The molecule has 0 fully saturated rings. The Labute approximate surface area is 805 Å². The first-order chi connectivity index (χ1) is 73.7. The van der Waals surface area contributed by atoms with Crippen LogP contribution in [0.1, 0.15) is 20.6 Å². The Kier molecular flexibility index (Phi) is 15.8. The molecular formula is C132H82O4. The molecule has 0 bridgehead atoms. The van der Waals surface area contributed by atoms with Crippen molar-refractivity contribution in [2.24, 2.45) is 0 Å². The Morgan fingerprint density at radius 3 is 0.787 bits per heavy atom. The minimum atomic E-state index is -0.407. The maximum Gasteiger partial charge on any atom is 0.143 e. The normalized spacial score (nSPS) is 13.2. The van der Waals surface area contributed by atoms with Crippen LogP contribution in [0.2, 0.25) is 0 Å². The lowest BCUT2D eigenvalue weighted by Crippen LogP contribution is -1.91. The average Bonchev–Trinajstić information content (AvgIpc) is 1.39. The van der Waals surface area contributed by atoms with Crippen molar-refractivity contribution in [2.45, 2.75) is 0 Å². The smallest absolute Gasteiger partial charge is 0.143 e. The molecule has 136 heavy (non-hydrogen) atoms. The largest absolute Gasteiger partial charge is 0.456 e. The molecule has 0 saturated carbocycles. The zero-order chi connectivity index (χ0) is 103. The molecule has 634 valence electrons. The van der Waals surface area contributed by atoms with E-state index in [0.717, 1.165) is 241 Å². The number of furan rings is 4. The third kappa shape index (κ3) is 13.4. The van der Waals surface area contributed by atoms with Gasteiger partial charge in [0.25, 0.3) is 0 Å². The van der Waals surface area contributed by atoms with Gasteiger partial charge in [-0.1, -0.05) is 442 Å². The summed E-state index contributed by atoms with van der Waals surface area (Å²) < 4.78 is 153. The second kappa shape index (κ2) is 33.1. The van der Waals surface area contributed by atoms with E-state index in [1.165, 1.54) is 0 Å². The molecule has 28 rings (SSSR count). The maximum atomic E-state index is 8.91. The number of hydrogen-bond acceptors (Lipinski definition) is 4. The SMILES string of the molecule is [2H]c1c([2H])c([2H])c(-c2c3ccccc3c(-c3ccc(-c4c(-c5cccc6c5oc5ccccc56)ccc5oc6ccccc6c45)cc3)c3ccccc23)c([2H])c1[2H].[2H]c1c([2H])c([2H])c(-c2c3ccccc3c(-c3ccc(-c4ccc5oc6ccccc6c5c4)cc3)c3ccccc23)c([2H])c1[2H].[2H]c1c([2H])c([2H])c(-c2c3ccccc3c(-c3ccc(-c4ccc5oc6ccccc6c5c4-c4ccccc4)cc3)c3ccccc23)c([2H])c1[2H]. The van der Waals surface area contributed by atoms with Gasteiger partial charge in [0, 0.05) is 59.8 Å². The maximum absolute atomic E-state index is 8.91. The fraction of sp³-hybridized carbons (Fsp3) is 0. The van der Waals surface area contributed by atoms with Crippen LogP contribution in [0.5, 0.6) is 0 Å². The van der Waals surface area contributed by atoms with Gasteiger partial charge in [0.2, 0.25) is 0 Å². The first kappa shape index (κ1) is 64.7. The molecule has 0 unspecified atom stereocenters. The monoisotopic (exact) mass is 1750 g/mol. The van der Waals surface area contributed by atoms with Crippen LogP contribution in [0.25, 0.3) is 275 Å². The van der Waals surface area contributed by atoms with Crippen molar-refractivity contribution >= 4 is 152 Å². The summed E-state index contributed by atoms with van der Waals surface area (Å²) >= 11 is 0. The molecule has 0 amide bonds. The molecule has 4 heterocycles. The van der Waals surface area contributed by atoms with Gasteiger partial charge in [0.15, 0.2) is 0 Å². The highest BCUT2D eigenvalue weighted by Crippen LogP contribution is 2.53. The average molecular weight is 1750 g/mol. The van der Waals surface area contributed by atoms with Crippen molar-refractivity contribution in [2.75, 3.05) is 0 Å². The Bertz CT molecular complexity index is 10300. The van der Waals surface area contributed by atoms with Gasteiger partial charge in [0.1, 0.15) is 44.7 Å². The molecule has 0 atom stereocenters. The van der Waals surface area contributed by atoms with Crippen molar-refractivity contribution in [3.8, 4) is 122 Å². The zero-order valence-corrected chi connectivity index (χ0v) is 72.8. The highest BCUT2D eigenvalue weighted by atomic mass is 16.3. The van der Waals surface area contributed by atoms with Crippen LogP contribution in [-0.2, 0) is 0 Å². The van der Waals surface area contributed by atoms with E-state index >= 15 is 0 Å². The van der Waals surface area contributed by atoms with Gasteiger partial charge in [-0.3, -0.25) is 0 Å². The van der Waals surface area contributed by atoms with Gasteiger partial charge in [-0.25, -0.2) is 0 Å². The van der Waals surface area contributed by atoms with Crippen LogP contribution in [0.3, 0.4) is 0 Å². The number of para-hydroxylation sites is 5.